The molecule has 3 heteroatoms. The predicted octanol–water partition coefficient (Wildman–Crippen LogP) is 2.93. The van der Waals surface area contributed by atoms with Crippen molar-refractivity contribution in [3.63, 3.8) is 0 Å². The highest BCUT2D eigenvalue weighted by Gasteiger charge is 2.23. The minimum atomic E-state index is 0. The van der Waals surface area contributed by atoms with Gasteiger partial charge in [-0.1, -0.05) is 18.2 Å². The van der Waals surface area contributed by atoms with E-state index in [2.05, 4.69) is 41.5 Å². The first-order valence-corrected chi connectivity index (χ1v) is 5.17. The first-order chi connectivity index (χ1) is 6.86. The smallest absolute Gasteiger partial charge is 0.0459 e. The zero-order valence-electron chi connectivity index (χ0n) is 8.71. The number of halogens is 1. The predicted molar refractivity (Wildman–Crippen MR) is 65.6 cm³/mol. The van der Waals surface area contributed by atoms with Crippen molar-refractivity contribution in [2.24, 2.45) is 0 Å². The molecular weight excluding hydrogens is 208 g/mol. The van der Waals surface area contributed by atoms with E-state index >= 15 is 0 Å². The maximum absolute atomic E-state index is 3.46. The lowest BCUT2D eigenvalue weighted by Gasteiger charge is -2.28. The lowest BCUT2D eigenvalue weighted by Crippen LogP contribution is -2.35. The Morgan fingerprint density at radius 2 is 2.00 bits per heavy atom. The van der Waals surface area contributed by atoms with E-state index in [1.165, 1.54) is 28.6 Å². The molecule has 2 aromatic rings. The second-order valence-corrected chi connectivity index (χ2v) is 4.00. The fourth-order valence-corrected chi connectivity index (χ4v) is 2.28. The van der Waals surface area contributed by atoms with Crippen LogP contribution in [-0.2, 0) is 0 Å². The van der Waals surface area contributed by atoms with E-state index in [0.29, 0.717) is 6.04 Å². The monoisotopic (exact) mass is 222 g/mol. The SMILES string of the molecule is Cc1[nH]c2ccccc2c1[C@H]1CCN1.Cl. The third kappa shape index (κ3) is 1.54. The Bertz CT molecular complexity index is 471. The first kappa shape index (κ1) is 10.5. The van der Waals surface area contributed by atoms with Gasteiger partial charge in [-0.05, 0) is 31.5 Å². The highest BCUT2D eigenvalue weighted by molar-refractivity contribution is 5.85. The number of fused-ring (bicyclic) bond motifs is 1. The standard InChI is InChI=1S/C12H14N2.ClH/c1-8-12(11-6-7-13-11)9-4-2-3-5-10(9)14-8;/h2-5,11,13-14H,6-7H2,1H3;1H/t11-;/m1./s1. The Labute approximate surface area is 95.5 Å². The Morgan fingerprint density at radius 1 is 1.27 bits per heavy atom. The third-order valence-corrected chi connectivity index (χ3v) is 3.12. The number of aromatic amines is 1. The molecule has 1 saturated heterocycles. The fraction of sp³-hybridized carbons (Fsp3) is 0.333. The van der Waals surface area contributed by atoms with Crippen molar-refractivity contribution in [1.82, 2.24) is 10.3 Å². The summed E-state index contributed by atoms with van der Waals surface area (Å²) < 4.78 is 0. The van der Waals surface area contributed by atoms with Crippen LogP contribution in [0, 0.1) is 6.92 Å². The van der Waals surface area contributed by atoms with Gasteiger partial charge in [-0.15, -0.1) is 12.4 Å². The van der Waals surface area contributed by atoms with Crippen LogP contribution in [0.4, 0.5) is 0 Å². The van der Waals surface area contributed by atoms with Crippen LogP contribution in [0.2, 0.25) is 0 Å². The van der Waals surface area contributed by atoms with E-state index in [1.807, 2.05) is 0 Å². The van der Waals surface area contributed by atoms with Crippen LogP contribution in [0.1, 0.15) is 23.7 Å². The summed E-state index contributed by atoms with van der Waals surface area (Å²) in [6.45, 7) is 3.32. The van der Waals surface area contributed by atoms with Crippen LogP contribution < -0.4 is 5.32 Å². The van der Waals surface area contributed by atoms with Crippen LogP contribution in [0.3, 0.4) is 0 Å². The first-order valence-electron chi connectivity index (χ1n) is 5.17. The van der Waals surface area contributed by atoms with Gasteiger partial charge in [0.1, 0.15) is 0 Å². The summed E-state index contributed by atoms with van der Waals surface area (Å²) in [6.07, 6.45) is 1.27. The van der Waals surface area contributed by atoms with Crippen LogP contribution in [0.25, 0.3) is 10.9 Å². The summed E-state index contributed by atoms with van der Waals surface area (Å²) in [7, 11) is 0. The molecule has 0 unspecified atom stereocenters. The number of benzene rings is 1. The summed E-state index contributed by atoms with van der Waals surface area (Å²) >= 11 is 0. The molecule has 1 aliphatic heterocycles. The maximum atomic E-state index is 3.46. The van der Waals surface area contributed by atoms with Crippen molar-refractivity contribution in [2.75, 3.05) is 6.54 Å². The van der Waals surface area contributed by atoms with E-state index in [9.17, 15) is 0 Å². The summed E-state index contributed by atoms with van der Waals surface area (Å²) in [5.41, 5.74) is 4.03. The minimum Gasteiger partial charge on any atom is -0.358 e. The van der Waals surface area contributed by atoms with Gasteiger partial charge < -0.3 is 10.3 Å². The number of hydrogen-bond acceptors (Lipinski definition) is 1. The lowest BCUT2D eigenvalue weighted by molar-refractivity contribution is 0.384. The van der Waals surface area contributed by atoms with Gasteiger partial charge in [0, 0.05) is 22.6 Å². The highest BCUT2D eigenvalue weighted by atomic mass is 35.5. The van der Waals surface area contributed by atoms with Gasteiger partial charge in [-0.25, -0.2) is 0 Å². The van der Waals surface area contributed by atoms with Crippen molar-refractivity contribution in [3.8, 4) is 0 Å². The average molecular weight is 223 g/mol. The molecule has 0 bridgehead atoms. The summed E-state index contributed by atoms with van der Waals surface area (Å²) in [4.78, 5) is 3.44. The van der Waals surface area contributed by atoms with E-state index in [-0.39, 0.29) is 12.4 Å². The number of H-pyrrole nitrogens is 1. The summed E-state index contributed by atoms with van der Waals surface area (Å²) in [6, 6.07) is 9.11. The van der Waals surface area contributed by atoms with Crippen LogP contribution >= 0.6 is 12.4 Å². The maximum Gasteiger partial charge on any atom is 0.0459 e. The fourth-order valence-electron chi connectivity index (χ4n) is 2.28. The van der Waals surface area contributed by atoms with Crippen molar-refractivity contribution >= 4 is 23.3 Å². The molecule has 80 valence electrons. The van der Waals surface area contributed by atoms with Crippen LogP contribution in [0.5, 0.6) is 0 Å². The molecule has 2 heterocycles. The second kappa shape index (κ2) is 3.87. The molecule has 1 fully saturated rings. The van der Waals surface area contributed by atoms with Gasteiger partial charge >= 0.3 is 0 Å². The molecule has 15 heavy (non-hydrogen) atoms. The van der Waals surface area contributed by atoms with E-state index in [1.54, 1.807) is 0 Å². The Balaban J connectivity index is 0.000000853. The van der Waals surface area contributed by atoms with Crippen molar-refractivity contribution in [1.29, 1.82) is 0 Å². The highest BCUT2D eigenvalue weighted by Crippen LogP contribution is 2.32. The zero-order valence-corrected chi connectivity index (χ0v) is 9.53. The number of nitrogens with one attached hydrogen (secondary N) is 2. The van der Waals surface area contributed by atoms with E-state index < -0.39 is 0 Å². The molecule has 0 radical (unpaired) electrons. The van der Waals surface area contributed by atoms with Gasteiger partial charge in [0.25, 0.3) is 0 Å². The number of rotatable bonds is 1. The van der Waals surface area contributed by atoms with Gasteiger partial charge in [0.2, 0.25) is 0 Å². The molecular formula is C12H15ClN2. The van der Waals surface area contributed by atoms with Gasteiger partial charge in [0.15, 0.2) is 0 Å². The number of hydrogen-bond donors (Lipinski definition) is 2. The third-order valence-electron chi connectivity index (χ3n) is 3.12. The van der Waals surface area contributed by atoms with Crippen LogP contribution in [0.15, 0.2) is 24.3 Å². The average Bonchev–Trinajstić information content (AvgIpc) is 2.41. The van der Waals surface area contributed by atoms with E-state index in [0.717, 1.165) is 6.54 Å². The Kier molecular flexibility index (Phi) is 2.72. The van der Waals surface area contributed by atoms with Crippen molar-refractivity contribution in [2.45, 2.75) is 19.4 Å². The molecule has 0 amide bonds. The van der Waals surface area contributed by atoms with Crippen LogP contribution in [-0.4, -0.2) is 11.5 Å². The lowest BCUT2D eigenvalue weighted by atomic mass is 9.95. The largest absolute Gasteiger partial charge is 0.358 e. The molecule has 3 rings (SSSR count). The topological polar surface area (TPSA) is 27.8 Å². The van der Waals surface area contributed by atoms with Crippen molar-refractivity contribution < 1.29 is 0 Å². The number of para-hydroxylation sites is 1. The molecule has 2 nitrogen and oxygen atoms in total. The molecule has 1 aromatic carbocycles. The molecule has 0 aliphatic carbocycles. The van der Waals surface area contributed by atoms with Gasteiger partial charge in [0.05, 0.1) is 0 Å². The molecule has 2 N–H and O–H groups in total. The minimum absolute atomic E-state index is 0. The Hall–Kier alpha value is -0.990. The summed E-state index contributed by atoms with van der Waals surface area (Å²) in [5.74, 6) is 0. The van der Waals surface area contributed by atoms with Gasteiger partial charge in [-0.2, -0.15) is 0 Å². The quantitative estimate of drug-likeness (QED) is 0.763. The molecule has 0 spiro atoms. The van der Waals surface area contributed by atoms with Crippen molar-refractivity contribution in [3.05, 3.63) is 35.5 Å². The second-order valence-electron chi connectivity index (χ2n) is 4.00. The number of aromatic nitrogens is 1. The Morgan fingerprint density at radius 3 is 2.67 bits per heavy atom. The summed E-state index contributed by atoms with van der Waals surface area (Å²) in [5, 5.41) is 4.84. The van der Waals surface area contributed by atoms with Gasteiger partial charge in [-0.3, -0.25) is 0 Å². The molecule has 1 aromatic heterocycles. The normalized spacial score (nSPS) is 19.7. The molecule has 1 aliphatic rings. The molecule has 1 atom stereocenters. The van der Waals surface area contributed by atoms with E-state index in [4.69, 9.17) is 0 Å². The number of aryl methyl sites for hydroxylation is 1. The molecule has 0 saturated carbocycles. The zero-order chi connectivity index (χ0) is 9.54.